The predicted octanol–water partition coefficient (Wildman–Crippen LogP) is 13.6. The number of hydrogen-bond acceptors (Lipinski definition) is 2. The highest BCUT2D eigenvalue weighted by Crippen LogP contribution is 2.55. The van der Waals surface area contributed by atoms with E-state index in [9.17, 15) is 0 Å². The normalized spacial score (nSPS) is 13.2. The van der Waals surface area contributed by atoms with E-state index in [0.717, 1.165) is 16.9 Å². The Labute approximate surface area is 347 Å². The van der Waals surface area contributed by atoms with Gasteiger partial charge in [0, 0.05) is 33.7 Å². The first-order chi connectivity index (χ1) is 28.9. The third kappa shape index (κ3) is 5.80. The van der Waals surface area contributed by atoms with E-state index in [-0.39, 0.29) is 5.41 Å². The summed E-state index contributed by atoms with van der Waals surface area (Å²) in [5.74, 6) is 0. The van der Waals surface area contributed by atoms with Gasteiger partial charge in [0.2, 0.25) is 0 Å². The Morgan fingerprint density at radius 1 is 0.492 bits per heavy atom. The fourth-order valence-corrected chi connectivity index (χ4v) is 9.67. The van der Waals surface area contributed by atoms with E-state index in [1.165, 1.54) is 94.4 Å². The maximum atomic E-state index is 3.92. The summed E-state index contributed by atoms with van der Waals surface area (Å²) < 4.78 is 0. The largest absolute Gasteiger partial charge is 0.355 e. The van der Waals surface area contributed by atoms with Crippen LogP contribution >= 0.6 is 0 Å². The highest BCUT2D eigenvalue weighted by atomic mass is 15.2. The van der Waals surface area contributed by atoms with Gasteiger partial charge in [-0.1, -0.05) is 177 Å². The maximum absolute atomic E-state index is 3.92. The summed E-state index contributed by atoms with van der Waals surface area (Å²) >= 11 is 0. The van der Waals surface area contributed by atoms with Gasteiger partial charge < -0.3 is 10.2 Å². The van der Waals surface area contributed by atoms with E-state index in [1.807, 2.05) is 0 Å². The summed E-state index contributed by atoms with van der Waals surface area (Å²) in [6.45, 7) is 7.02. The van der Waals surface area contributed by atoms with Crippen LogP contribution in [0.25, 0.3) is 55.3 Å². The van der Waals surface area contributed by atoms with Crippen molar-refractivity contribution in [3.63, 3.8) is 0 Å². The van der Waals surface area contributed by atoms with Gasteiger partial charge in [-0.05, 0) is 115 Å². The molecular weight excluding hydrogens is 711 g/mol. The third-order valence-corrected chi connectivity index (χ3v) is 12.6. The number of fused-ring (bicyclic) bond motifs is 6. The molecule has 3 heteroatoms. The Morgan fingerprint density at radius 2 is 1.17 bits per heavy atom. The van der Waals surface area contributed by atoms with Crippen LogP contribution in [-0.4, -0.2) is 7.28 Å². The standard InChI is InChI=1S/C56H42BN2/c1-36-15-10-12-21-44(36)42-33-47(46-31-27-41(38-18-8-5-9-19-38)34-50(46)58-43-29-25-39(26-30-43)37-16-6-4-7-17-37)54-52(35-42)59-51-32-28-40-20-11-13-22-45(40)53(51)56(2,3)48-23-14-24-49(57-54)55(48)59/h4-35,58H,1-3H3. The summed E-state index contributed by atoms with van der Waals surface area (Å²) in [7, 11) is 2.44. The lowest BCUT2D eigenvalue weighted by molar-refractivity contribution is 0.639. The van der Waals surface area contributed by atoms with Gasteiger partial charge in [0.15, 0.2) is 7.28 Å². The lowest BCUT2D eigenvalue weighted by Crippen LogP contribution is -2.45. The summed E-state index contributed by atoms with van der Waals surface area (Å²) in [5.41, 5.74) is 21.5. The van der Waals surface area contributed by atoms with Crippen molar-refractivity contribution < 1.29 is 0 Å². The minimum absolute atomic E-state index is 0.208. The molecule has 0 fully saturated rings. The van der Waals surface area contributed by atoms with Crippen LogP contribution in [0.15, 0.2) is 194 Å². The second-order valence-corrected chi connectivity index (χ2v) is 16.5. The van der Waals surface area contributed by atoms with Crippen molar-refractivity contribution in [3.05, 3.63) is 211 Å². The molecule has 1 N–H and O–H groups in total. The Balaban J connectivity index is 1.16. The summed E-state index contributed by atoms with van der Waals surface area (Å²) in [6.07, 6.45) is 0. The molecule has 0 saturated carbocycles. The zero-order valence-corrected chi connectivity index (χ0v) is 33.5. The van der Waals surface area contributed by atoms with Crippen LogP contribution < -0.4 is 21.1 Å². The quantitative estimate of drug-likeness (QED) is 0.170. The molecule has 0 atom stereocenters. The predicted molar refractivity (Wildman–Crippen MR) is 252 cm³/mol. The first-order valence-corrected chi connectivity index (χ1v) is 20.6. The van der Waals surface area contributed by atoms with Crippen LogP contribution in [0.1, 0.15) is 30.5 Å². The summed E-state index contributed by atoms with van der Waals surface area (Å²) in [5, 5.41) is 6.49. The van der Waals surface area contributed by atoms with E-state index in [0.29, 0.717) is 0 Å². The van der Waals surface area contributed by atoms with Crippen molar-refractivity contribution in [2.75, 3.05) is 10.2 Å². The number of rotatable bonds is 6. The van der Waals surface area contributed by atoms with Crippen molar-refractivity contribution in [1.82, 2.24) is 0 Å². The van der Waals surface area contributed by atoms with E-state index in [1.54, 1.807) is 0 Å². The average Bonchev–Trinajstić information content (AvgIpc) is 3.28. The molecule has 2 aliphatic heterocycles. The Bertz CT molecular complexity index is 3080. The smallest absolute Gasteiger partial charge is 0.197 e. The SMILES string of the molecule is Cc1ccccc1-c1cc(-c2ccc(-c3ccccc3)cc2Nc2ccc(-c3ccccc3)cc2)c2c(c1)N1c3ccc4ccccc4c3C(C)(C)c3cccc(c31)[B]2. The first kappa shape index (κ1) is 35.1. The highest BCUT2D eigenvalue weighted by molar-refractivity contribution is 6.73. The fourth-order valence-electron chi connectivity index (χ4n) is 9.67. The van der Waals surface area contributed by atoms with Gasteiger partial charge in [0.05, 0.1) is 5.69 Å². The summed E-state index contributed by atoms with van der Waals surface area (Å²) in [6, 6.07) is 71.0. The first-order valence-electron chi connectivity index (χ1n) is 20.6. The molecule has 11 rings (SSSR count). The van der Waals surface area contributed by atoms with Gasteiger partial charge in [-0.15, -0.1) is 0 Å². The molecule has 0 bridgehead atoms. The molecule has 279 valence electrons. The minimum atomic E-state index is -0.208. The number of aryl methyl sites for hydroxylation is 1. The topological polar surface area (TPSA) is 15.3 Å². The van der Waals surface area contributed by atoms with E-state index >= 15 is 0 Å². The van der Waals surface area contributed by atoms with E-state index in [4.69, 9.17) is 0 Å². The van der Waals surface area contributed by atoms with Crippen LogP contribution in [0.5, 0.6) is 0 Å². The zero-order chi connectivity index (χ0) is 39.7. The molecule has 2 aliphatic rings. The molecule has 0 amide bonds. The van der Waals surface area contributed by atoms with Crippen LogP contribution in [0.2, 0.25) is 0 Å². The number of benzene rings is 9. The molecule has 0 saturated heterocycles. The molecule has 0 unspecified atom stereocenters. The van der Waals surface area contributed by atoms with Crippen LogP contribution in [0.3, 0.4) is 0 Å². The van der Waals surface area contributed by atoms with Crippen molar-refractivity contribution in [2.24, 2.45) is 0 Å². The molecular formula is C56H42BN2. The number of anilines is 5. The van der Waals surface area contributed by atoms with Crippen molar-refractivity contribution >= 4 is 57.4 Å². The van der Waals surface area contributed by atoms with Crippen LogP contribution in [0, 0.1) is 6.92 Å². The minimum Gasteiger partial charge on any atom is -0.355 e. The fraction of sp³-hybridized carbons (Fsp3) is 0.0714. The molecule has 0 aromatic heterocycles. The highest BCUT2D eigenvalue weighted by Gasteiger charge is 2.42. The Hall–Kier alpha value is -7.10. The molecule has 9 aromatic carbocycles. The Kier molecular flexibility index (Phi) is 8.20. The molecule has 0 aliphatic carbocycles. The lowest BCUT2D eigenvalue weighted by atomic mass is 9.55. The monoisotopic (exact) mass is 753 g/mol. The van der Waals surface area contributed by atoms with Crippen molar-refractivity contribution in [1.29, 1.82) is 0 Å². The Morgan fingerprint density at radius 3 is 1.95 bits per heavy atom. The number of nitrogens with zero attached hydrogens (tertiary/aromatic N) is 1. The second kappa shape index (κ2) is 13.8. The van der Waals surface area contributed by atoms with E-state index < -0.39 is 0 Å². The number of nitrogens with one attached hydrogen (secondary N) is 1. The van der Waals surface area contributed by atoms with Crippen molar-refractivity contribution in [2.45, 2.75) is 26.2 Å². The molecule has 2 nitrogen and oxygen atoms in total. The number of hydrogen-bond donors (Lipinski definition) is 1. The van der Waals surface area contributed by atoms with Gasteiger partial charge in [-0.3, -0.25) is 0 Å². The van der Waals surface area contributed by atoms with Gasteiger partial charge in [0.1, 0.15) is 0 Å². The van der Waals surface area contributed by atoms with Crippen molar-refractivity contribution in [3.8, 4) is 44.5 Å². The molecule has 2 heterocycles. The van der Waals surface area contributed by atoms with Crippen LogP contribution in [-0.2, 0) is 5.41 Å². The van der Waals surface area contributed by atoms with Gasteiger partial charge in [-0.2, -0.15) is 0 Å². The lowest BCUT2D eigenvalue weighted by Gasteiger charge is -2.46. The van der Waals surface area contributed by atoms with E-state index in [2.05, 4.69) is 232 Å². The average molecular weight is 754 g/mol. The maximum Gasteiger partial charge on any atom is 0.197 e. The molecule has 59 heavy (non-hydrogen) atoms. The molecule has 0 spiro atoms. The zero-order valence-electron chi connectivity index (χ0n) is 33.5. The summed E-state index contributed by atoms with van der Waals surface area (Å²) in [4.78, 5) is 2.58. The van der Waals surface area contributed by atoms with Gasteiger partial charge in [0.25, 0.3) is 0 Å². The van der Waals surface area contributed by atoms with Crippen LogP contribution in [0.4, 0.5) is 28.4 Å². The second-order valence-electron chi connectivity index (χ2n) is 16.5. The number of para-hydroxylation sites is 1. The van der Waals surface area contributed by atoms with Gasteiger partial charge in [-0.25, -0.2) is 0 Å². The third-order valence-electron chi connectivity index (χ3n) is 12.6. The van der Waals surface area contributed by atoms with Gasteiger partial charge >= 0.3 is 0 Å². The molecule has 1 radical (unpaired) electrons. The molecule has 9 aromatic rings.